The number of aromatic nitrogens is 1. The molecule has 1 aliphatic heterocycles. The zero-order valence-electron chi connectivity index (χ0n) is 16.5. The molecular weight excluding hydrogens is 368 g/mol. The molecule has 0 bridgehead atoms. The molecule has 144 valence electrons. The summed E-state index contributed by atoms with van der Waals surface area (Å²) < 4.78 is 6.35. The monoisotopic (exact) mass is 392 g/mol. The van der Waals surface area contributed by atoms with E-state index in [1.807, 2.05) is 0 Å². The van der Waals surface area contributed by atoms with Crippen LogP contribution >= 0.6 is 11.3 Å². The average molecular weight is 393 g/mol. The van der Waals surface area contributed by atoms with Crippen LogP contribution in [0.4, 0.5) is 5.69 Å². The summed E-state index contributed by atoms with van der Waals surface area (Å²) in [4.78, 5) is 10.7. The van der Waals surface area contributed by atoms with Crippen molar-refractivity contribution in [3.8, 4) is 16.5 Å². The first-order chi connectivity index (χ1) is 13.6. The summed E-state index contributed by atoms with van der Waals surface area (Å²) in [7, 11) is 4.29. The van der Waals surface area contributed by atoms with Crippen LogP contribution in [-0.4, -0.2) is 43.1 Å². The summed E-state index contributed by atoms with van der Waals surface area (Å²) in [6.45, 7) is 4.01. The normalized spacial score (nSPS) is 19.7. The van der Waals surface area contributed by atoms with E-state index in [0.29, 0.717) is 17.5 Å². The van der Waals surface area contributed by atoms with Crippen molar-refractivity contribution >= 4 is 28.1 Å². The highest BCUT2D eigenvalue weighted by atomic mass is 32.1. The molecule has 0 N–H and O–H groups in total. The summed E-state index contributed by atoms with van der Waals surface area (Å²) in [5, 5.41) is 12.0. The van der Waals surface area contributed by atoms with Crippen molar-refractivity contribution in [2.75, 3.05) is 32.1 Å². The van der Waals surface area contributed by atoms with Gasteiger partial charge in [0.2, 0.25) is 0 Å². The zero-order valence-corrected chi connectivity index (χ0v) is 17.3. The van der Waals surface area contributed by atoms with Crippen LogP contribution in [-0.2, 0) is 0 Å². The van der Waals surface area contributed by atoms with E-state index in [1.54, 1.807) is 11.3 Å². The minimum atomic E-state index is 0.422. The molecule has 6 heteroatoms. The highest BCUT2D eigenvalue weighted by Crippen LogP contribution is 2.48. The van der Waals surface area contributed by atoms with E-state index in [-0.39, 0.29) is 0 Å². The van der Waals surface area contributed by atoms with Gasteiger partial charge >= 0.3 is 0 Å². The number of benzene rings is 1. The van der Waals surface area contributed by atoms with Crippen molar-refractivity contribution in [2.24, 2.45) is 0 Å². The molecule has 1 atom stereocenters. The number of nitrogens with zero attached hydrogens (tertiary/aromatic N) is 4. The molecule has 1 aliphatic carbocycles. The molecule has 3 aromatic rings. The Morgan fingerprint density at radius 1 is 1.32 bits per heavy atom. The van der Waals surface area contributed by atoms with Crippen molar-refractivity contribution in [2.45, 2.75) is 38.1 Å². The van der Waals surface area contributed by atoms with Crippen molar-refractivity contribution in [1.29, 1.82) is 5.26 Å². The second-order valence-electron chi connectivity index (χ2n) is 8.17. The molecule has 2 aliphatic rings. The van der Waals surface area contributed by atoms with Crippen LogP contribution in [0.3, 0.4) is 0 Å². The molecule has 0 unspecified atom stereocenters. The van der Waals surface area contributed by atoms with Crippen LogP contribution < -0.4 is 4.90 Å². The van der Waals surface area contributed by atoms with Crippen molar-refractivity contribution < 1.29 is 4.42 Å². The van der Waals surface area contributed by atoms with E-state index < -0.39 is 0 Å². The molecule has 1 saturated carbocycles. The second kappa shape index (κ2) is 6.61. The number of hydrogen-bond donors (Lipinski definition) is 0. The third kappa shape index (κ3) is 2.73. The van der Waals surface area contributed by atoms with Crippen LogP contribution in [0.5, 0.6) is 0 Å². The van der Waals surface area contributed by atoms with Gasteiger partial charge in [-0.3, -0.25) is 0 Å². The first-order valence-corrected chi connectivity index (χ1v) is 10.8. The van der Waals surface area contributed by atoms with Gasteiger partial charge in [0.05, 0.1) is 11.3 Å². The van der Waals surface area contributed by atoms with Gasteiger partial charge in [-0.25, -0.2) is 4.98 Å². The number of thiophene rings is 1. The SMILES string of the molecule is Cc1c(-c2cccs2)c(N2CC[C@H](N(C)C)C2)c2oc(C3CC3)nc2c1C#N. The largest absolute Gasteiger partial charge is 0.438 e. The van der Waals surface area contributed by atoms with E-state index in [9.17, 15) is 5.26 Å². The van der Waals surface area contributed by atoms with E-state index in [2.05, 4.69) is 54.4 Å². The first kappa shape index (κ1) is 17.7. The molecule has 1 aromatic carbocycles. The summed E-state index contributed by atoms with van der Waals surface area (Å²) in [5.41, 5.74) is 5.46. The van der Waals surface area contributed by atoms with Gasteiger partial charge in [-0.1, -0.05) is 6.07 Å². The van der Waals surface area contributed by atoms with Gasteiger partial charge in [0.15, 0.2) is 11.5 Å². The van der Waals surface area contributed by atoms with Crippen LogP contribution in [0.2, 0.25) is 0 Å². The molecule has 3 heterocycles. The van der Waals surface area contributed by atoms with Crippen molar-refractivity contribution in [3.63, 3.8) is 0 Å². The van der Waals surface area contributed by atoms with Crippen LogP contribution in [0.15, 0.2) is 21.9 Å². The van der Waals surface area contributed by atoms with Crippen molar-refractivity contribution in [3.05, 3.63) is 34.5 Å². The van der Waals surface area contributed by atoms with Gasteiger partial charge in [0, 0.05) is 35.5 Å². The molecule has 0 amide bonds. The summed E-state index contributed by atoms with van der Waals surface area (Å²) in [6.07, 6.45) is 3.39. The standard InChI is InChI=1S/C22H24N4OS/c1-13-16(11-23)19-21(27-22(24-19)14-6-7-14)20(18(13)17-5-4-10-28-17)26-9-8-15(12-26)25(2)3/h4-5,10,14-15H,6-9,12H2,1-3H3/t15-/m0/s1. The Morgan fingerprint density at radius 2 is 2.14 bits per heavy atom. The van der Waals surface area contributed by atoms with E-state index in [1.165, 1.54) is 4.88 Å². The number of fused-ring (bicyclic) bond motifs is 1. The fraction of sp³-hybridized carbons (Fsp3) is 0.455. The topological polar surface area (TPSA) is 56.3 Å². The van der Waals surface area contributed by atoms with Gasteiger partial charge < -0.3 is 14.2 Å². The quantitative estimate of drug-likeness (QED) is 0.641. The predicted octanol–water partition coefficient (Wildman–Crippen LogP) is 4.75. The summed E-state index contributed by atoms with van der Waals surface area (Å²) in [5.74, 6) is 1.23. The molecule has 2 aromatic heterocycles. The lowest BCUT2D eigenvalue weighted by Gasteiger charge is -2.25. The second-order valence-corrected chi connectivity index (χ2v) is 9.12. The van der Waals surface area contributed by atoms with Gasteiger partial charge in [-0.15, -0.1) is 11.3 Å². The highest BCUT2D eigenvalue weighted by Gasteiger charge is 2.34. The Balaban J connectivity index is 1.78. The summed E-state index contributed by atoms with van der Waals surface area (Å²) in [6, 6.07) is 7.15. The number of oxazole rings is 1. The number of nitriles is 1. The Hall–Kier alpha value is -2.36. The minimum absolute atomic E-state index is 0.422. The third-order valence-corrected chi connectivity index (χ3v) is 6.99. The van der Waals surface area contributed by atoms with E-state index >= 15 is 0 Å². The Labute approximate surface area is 169 Å². The molecule has 5 rings (SSSR count). The molecule has 5 nitrogen and oxygen atoms in total. The van der Waals surface area contributed by atoms with E-state index in [4.69, 9.17) is 9.40 Å². The Morgan fingerprint density at radius 3 is 2.75 bits per heavy atom. The minimum Gasteiger partial charge on any atom is -0.438 e. The van der Waals surface area contributed by atoms with Crippen LogP contribution in [0.25, 0.3) is 21.5 Å². The third-order valence-electron chi connectivity index (χ3n) is 6.10. The lowest BCUT2D eigenvalue weighted by atomic mass is 9.97. The maximum Gasteiger partial charge on any atom is 0.198 e. The van der Waals surface area contributed by atoms with Crippen LogP contribution in [0.1, 0.15) is 42.2 Å². The smallest absolute Gasteiger partial charge is 0.198 e. The predicted molar refractivity (Wildman–Crippen MR) is 113 cm³/mol. The zero-order chi connectivity index (χ0) is 19.4. The van der Waals surface area contributed by atoms with E-state index in [0.717, 1.165) is 66.2 Å². The molecule has 0 spiro atoms. The number of rotatable bonds is 4. The maximum atomic E-state index is 9.92. The average Bonchev–Trinajstić information content (AvgIpc) is 3.09. The van der Waals surface area contributed by atoms with Gasteiger partial charge in [0.25, 0.3) is 0 Å². The van der Waals surface area contributed by atoms with Crippen LogP contribution in [0, 0.1) is 18.3 Å². The lowest BCUT2D eigenvalue weighted by molar-refractivity contribution is 0.315. The fourth-order valence-corrected chi connectivity index (χ4v) is 5.12. The number of hydrogen-bond acceptors (Lipinski definition) is 6. The molecule has 0 radical (unpaired) electrons. The molecule has 2 fully saturated rings. The maximum absolute atomic E-state index is 9.92. The van der Waals surface area contributed by atoms with Gasteiger partial charge in [0.1, 0.15) is 11.6 Å². The Kier molecular flexibility index (Phi) is 4.18. The lowest BCUT2D eigenvalue weighted by Crippen LogP contribution is -2.31. The van der Waals surface area contributed by atoms with Crippen molar-refractivity contribution in [1.82, 2.24) is 9.88 Å². The number of anilines is 1. The first-order valence-electron chi connectivity index (χ1n) is 9.90. The fourth-order valence-electron chi connectivity index (χ4n) is 4.29. The molecule has 1 saturated heterocycles. The molecule has 28 heavy (non-hydrogen) atoms. The highest BCUT2D eigenvalue weighted by molar-refractivity contribution is 7.13. The van der Waals surface area contributed by atoms with Gasteiger partial charge in [-0.05, 0) is 57.3 Å². The number of likely N-dealkylation sites (N-methyl/N-ethyl adjacent to an activating group) is 1. The van der Waals surface area contributed by atoms with Gasteiger partial charge in [-0.2, -0.15) is 5.26 Å². The molecular formula is C22H24N4OS. The summed E-state index contributed by atoms with van der Waals surface area (Å²) >= 11 is 1.71. The Bertz CT molecular complexity index is 1070.